The number of carboxylic acids is 1. The molecular weight excluding hydrogens is 258 g/mol. The van der Waals surface area contributed by atoms with Crippen molar-refractivity contribution in [3.05, 3.63) is 12.7 Å². The van der Waals surface area contributed by atoms with Gasteiger partial charge >= 0.3 is 5.97 Å². The number of aromatic nitrogens is 4. The molecular formula is C13H17N5O2. The molecule has 3 rings (SSSR count). The van der Waals surface area contributed by atoms with Gasteiger partial charge in [0.15, 0.2) is 11.5 Å². The molecule has 20 heavy (non-hydrogen) atoms. The lowest BCUT2D eigenvalue weighted by Crippen LogP contribution is -2.34. The second-order valence-electron chi connectivity index (χ2n) is 5.48. The molecule has 1 saturated carbocycles. The smallest absolute Gasteiger partial charge is 0.326 e. The Bertz CT molecular complexity index is 647. The van der Waals surface area contributed by atoms with Crippen molar-refractivity contribution in [2.24, 2.45) is 5.92 Å². The first-order chi connectivity index (χ1) is 9.58. The number of carbonyl (C=O) groups is 1. The van der Waals surface area contributed by atoms with Crippen molar-refractivity contribution in [1.29, 1.82) is 0 Å². The SMILES string of the molecule is CC(C)[C@H](Nc1ncnc2c1ncn2C1CC1)C(=O)O. The highest BCUT2D eigenvalue weighted by Gasteiger charge is 2.27. The number of rotatable bonds is 5. The van der Waals surface area contributed by atoms with Crippen LogP contribution in [-0.2, 0) is 4.79 Å². The van der Waals surface area contributed by atoms with Gasteiger partial charge in [-0.05, 0) is 18.8 Å². The van der Waals surface area contributed by atoms with Crippen LogP contribution in [0.1, 0.15) is 32.7 Å². The standard InChI is InChI=1S/C13H17N5O2/c1-7(2)9(13(19)20)17-11-10-12(15-5-14-11)18(6-16-10)8-3-4-8/h5-9H,3-4H2,1-2H3,(H,19,20)(H,14,15,17)/t9-/m0/s1. The van der Waals surface area contributed by atoms with Crippen LogP contribution in [0.15, 0.2) is 12.7 Å². The summed E-state index contributed by atoms with van der Waals surface area (Å²) < 4.78 is 2.04. The maximum atomic E-state index is 11.3. The lowest BCUT2D eigenvalue weighted by Gasteiger charge is -2.18. The number of hydrogen-bond donors (Lipinski definition) is 2. The maximum Gasteiger partial charge on any atom is 0.326 e. The Kier molecular flexibility index (Phi) is 3.04. The predicted octanol–water partition coefficient (Wildman–Crippen LogP) is 1.68. The topological polar surface area (TPSA) is 92.9 Å². The van der Waals surface area contributed by atoms with Gasteiger partial charge < -0.3 is 15.0 Å². The molecule has 2 aromatic heterocycles. The summed E-state index contributed by atoms with van der Waals surface area (Å²) in [6.45, 7) is 3.71. The first kappa shape index (κ1) is 12.8. The van der Waals surface area contributed by atoms with E-state index in [9.17, 15) is 9.90 Å². The minimum absolute atomic E-state index is 0.0527. The zero-order chi connectivity index (χ0) is 14.3. The Morgan fingerprint density at radius 1 is 1.40 bits per heavy atom. The number of aliphatic carboxylic acids is 1. The predicted molar refractivity (Wildman–Crippen MR) is 73.5 cm³/mol. The molecule has 0 radical (unpaired) electrons. The van der Waals surface area contributed by atoms with Gasteiger partial charge in [-0.1, -0.05) is 13.8 Å². The van der Waals surface area contributed by atoms with E-state index in [-0.39, 0.29) is 5.92 Å². The van der Waals surface area contributed by atoms with E-state index in [0.29, 0.717) is 17.4 Å². The number of carboxylic acid groups (broad SMARTS) is 1. The van der Waals surface area contributed by atoms with Gasteiger partial charge in [0.2, 0.25) is 0 Å². The van der Waals surface area contributed by atoms with Gasteiger partial charge in [0.1, 0.15) is 17.9 Å². The molecule has 0 saturated heterocycles. The summed E-state index contributed by atoms with van der Waals surface area (Å²) in [6.07, 6.45) is 5.49. The van der Waals surface area contributed by atoms with Gasteiger partial charge in [-0.25, -0.2) is 19.7 Å². The number of hydrogen-bond acceptors (Lipinski definition) is 5. The Morgan fingerprint density at radius 2 is 2.15 bits per heavy atom. The summed E-state index contributed by atoms with van der Waals surface area (Å²) in [6, 6.07) is -0.220. The van der Waals surface area contributed by atoms with Crippen LogP contribution in [0.4, 0.5) is 5.82 Å². The molecule has 0 amide bonds. The van der Waals surface area contributed by atoms with Gasteiger partial charge in [-0.15, -0.1) is 0 Å². The van der Waals surface area contributed by atoms with E-state index in [1.54, 1.807) is 6.33 Å². The minimum Gasteiger partial charge on any atom is -0.480 e. The van der Waals surface area contributed by atoms with Gasteiger partial charge in [-0.2, -0.15) is 0 Å². The molecule has 0 unspecified atom stereocenters. The molecule has 0 aliphatic heterocycles. The summed E-state index contributed by atoms with van der Waals surface area (Å²) >= 11 is 0. The normalized spacial score (nSPS) is 16.6. The van der Waals surface area contributed by atoms with Gasteiger partial charge in [-0.3, -0.25) is 0 Å². The average molecular weight is 275 g/mol. The highest BCUT2D eigenvalue weighted by atomic mass is 16.4. The van der Waals surface area contributed by atoms with Gasteiger partial charge in [0.25, 0.3) is 0 Å². The summed E-state index contributed by atoms with van der Waals surface area (Å²) in [5.41, 5.74) is 1.39. The fourth-order valence-electron chi connectivity index (χ4n) is 2.24. The number of nitrogens with zero attached hydrogens (tertiary/aromatic N) is 4. The third-order valence-electron chi connectivity index (χ3n) is 3.52. The molecule has 2 aromatic rings. The van der Waals surface area contributed by atoms with E-state index in [4.69, 9.17) is 0 Å². The van der Waals surface area contributed by atoms with Crippen molar-refractivity contribution in [3.63, 3.8) is 0 Å². The van der Waals surface area contributed by atoms with E-state index in [1.165, 1.54) is 6.33 Å². The molecule has 7 nitrogen and oxygen atoms in total. The second-order valence-corrected chi connectivity index (χ2v) is 5.48. The molecule has 2 heterocycles. The van der Waals surface area contributed by atoms with Crippen LogP contribution in [0.5, 0.6) is 0 Å². The number of nitrogens with one attached hydrogen (secondary N) is 1. The van der Waals surface area contributed by atoms with Crippen molar-refractivity contribution in [1.82, 2.24) is 19.5 Å². The first-order valence-corrected chi connectivity index (χ1v) is 6.75. The molecule has 0 aromatic carbocycles. The molecule has 1 atom stereocenters. The first-order valence-electron chi connectivity index (χ1n) is 6.75. The average Bonchev–Trinajstić information content (AvgIpc) is 3.14. The van der Waals surface area contributed by atoms with Gasteiger partial charge in [0.05, 0.1) is 6.33 Å². The molecule has 1 fully saturated rings. The van der Waals surface area contributed by atoms with Crippen molar-refractivity contribution in [3.8, 4) is 0 Å². The Hall–Kier alpha value is -2.18. The quantitative estimate of drug-likeness (QED) is 0.862. The molecule has 2 N–H and O–H groups in total. The number of fused-ring (bicyclic) bond motifs is 1. The summed E-state index contributed by atoms with van der Waals surface area (Å²) in [5.74, 6) is -0.466. The molecule has 7 heteroatoms. The summed E-state index contributed by atoms with van der Waals surface area (Å²) in [5, 5.41) is 12.2. The van der Waals surface area contributed by atoms with Crippen LogP contribution >= 0.6 is 0 Å². The molecule has 1 aliphatic carbocycles. The number of anilines is 1. The van der Waals surface area contributed by atoms with Crippen molar-refractivity contribution < 1.29 is 9.90 Å². The highest BCUT2D eigenvalue weighted by molar-refractivity contribution is 5.86. The van der Waals surface area contributed by atoms with E-state index < -0.39 is 12.0 Å². The Balaban J connectivity index is 1.97. The van der Waals surface area contributed by atoms with Crippen molar-refractivity contribution in [2.75, 3.05) is 5.32 Å². The second kappa shape index (κ2) is 4.73. The molecule has 0 spiro atoms. The Labute approximate surface area is 116 Å². The fraction of sp³-hybridized carbons (Fsp3) is 0.538. The van der Waals surface area contributed by atoms with Crippen LogP contribution in [0, 0.1) is 5.92 Å². The fourth-order valence-corrected chi connectivity index (χ4v) is 2.24. The van der Waals surface area contributed by atoms with Crippen molar-refractivity contribution >= 4 is 23.0 Å². The van der Waals surface area contributed by atoms with Crippen LogP contribution in [0.2, 0.25) is 0 Å². The summed E-state index contributed by atoms with van der Waals surface area (Å²) in [7, 11) is 0. The molecule has 106 valence electrons. The third kappa shape index (κ3) is 2.19. The zero-order valence-electron chi connectivity index (χ0n) is 11.4. The maximum absolute atomic E-state index is 11.3. The van der Waals surface area contributed by atoms with Crippen molar-refractivity contribution in [2.45, 2.75) is 38.8 Å². The van der Waals surface area contributed by atoms with E-state index in [1.807, 2.05) is 18.4 Å². The van der Waals surface area contributed by atoms with Crippen LogP contribution in [0.25, 0.3) is 11.2 Å². The van der Waals surface area contributed by atoms with E-state index in [2.05, 4.69) is 20.3 Å². The minimum atomic E-state index is -0.895. The van der Waals surface area contributed by atoms with Gasteiger partial charge in [0, 0.05) is 6.04 Å². The van der Waals surface area contributed by atoms with E-state index in [0.717, 1.165) is 18.5 Å². The van der Waals surface area contributed by atoms with E-state index >= 15 is 0 Å². The molecule has 0 bridgehead atoms. The van der Waals surface area contributed by atoms with Crippen LogP contribution in [0.3, 0.4) is 0 Å². The Morgan fingerprint density at radius 3 is 2.75 bits per heavy atom. The number of imidazole rings is 1. The lowest BCUT2D eigenvalue weighted by molar-refractivity contribution is -0.138. The largest absolute Gasteiger partial charge is 0.480 e. The lowest BCUT2D eigenvalue weighted by atomic mass is 10.1. The summed E-state index contributed by atoms with van der Waals surface area (Å²) in [4.78, 5) is 24.0. The van der Waals surface area contributed by atoms with Crippen LogP contribution in [-0.4, -0.2) is 36.6 Å². The third-order valence-corrected chi connectivity index (χ3v) is 3.52. The zero-order valence-corrected chi connectivity index (χ0v) is 11.4. The highest BCUT2D eigenvalue weighted by Crippen LogP contribution is 2.37. The monoisotopic (exact) mass is 275 g/mol. The molecule has 1 aliphatic rings. The van der Waals surface area contributed by atoms with Crippen LogP contribution < -0.4 is 5.32 Å².